The van der Waals surface area contributed by atoms with Gasteiger partial charge in [0.15, 0.2) is 0 Å². The summed E-state index contributed by atoms with van der Waals surface area (Å²) < 4.78 is 27.9. The van der Waals surface area contributed by atoms with E-state index < -0.39 is 21.5 Å². The van der Waals surface area contributed by atoms with Gasteiger partial charge in [-0.1, -0.05) is 11.6 Å². The standard InChI is InChI=1S/C11H13ClFNOS/c1-11(2,3)16(15)14-7-8-6-9(13)4-5-10(8)12/h4-7H,1-3H3/t16-/m0/s1. The molecule has 0 aliphatic rings. The summed E-state index contributed by atoms with van der Waals surface area (Å²) in [5.74, 6) is -0.396. The van der Waals surface area contributed by atoms with Gasteiger partial charge in [-0.05, 0) is 39.0 Å². The van der Waals surface area contributed by atoms with Crippen molar-refractivity contribution < 1.29 is 8.60 Å². The van der Waals surface area contributed by atoms with Gasteiger partial charge in [0, 0.05) is 16.8 Å². The molecule has 88 valence electrons. The van der Waals surface area contributed by atoms with Crippen molar-refractivity contribution in [2.75, 3.05) is 0 Å². The number of nitrogens with zero attached hydrogens (tertiary/aromatic N) is 1. The van der Waals surface area contributed by atoms with Gasteiger partial charge in [0.2, 0.25) is 0 Å². The summed E-state index contributed by atoms with van der Waals surface area (Å²) in [5.41, 5.74) is 0.430. The Bertz CT molecular complexity index is 440. The first-order chi connectivity index (χ1) is 7.30. The number of halogens is 2. The zero-order valence-electron chi connectivity index (χ0n) is 9.33. The van der Waals surface area contributed by atoms with Crippen LogP contribution in [-0.2, 0) is 11.0 Å². The van der Waals surface area contributed by atoms with Gasteiger partial charge < -0.3 is 0 Å². The molecule has 0 amide bonds. The summed E-state index contributed by atoms with van der Waals surface area (Å²) in [7, 11) is -1.36. The number of benzene rings is 1. The van der Waals surface area contributed by atoms with Crippen LogP contribution in [0.25, 0.3) is 0 Å². The van der Waals surface area contributed by atoms with Crippen LogP contribution in [0.1, 0.15) is 26.3 Å². The van der Waals surface area contributed by atoms with Crippen LogP contribution in [0.2, 0.25) is 5.02 Å². The fourth-order valence-corrected chi connectivity index (χ4v) is 1.57. The summed E-state index contributed by atoms with van der Waals surface area (Å²) in [5, 5.41) is 0.385. The molecule has 0 unspecified atom stereocenters. The maximum absolute atomic E-state index is 12.9. The summed E-state index contributed by atoms with van der Waals surface area (Å²) in [6.45, 7) is 5.44. The van der Waals surface area contributed by atoms with E-state index in [-0.39, 0.29) is 0 Å². The fourth-order valence-electron chi connectivity index (χ4n) is 0.876. The molecule has 1 aromatic carbocycles. The van der Waals surface area contributed by atoms with Gasteiger partial charge in [-0.3, -0.25) is 0 Å². The van der Waals surface area contributed by atoms with Crippen LogP contribution in [0.15, 0.2) is 22.6 Å². The largest absolute Gasteiger partial charge is 0.234 e. The predicted octanol–water partition coefficient (Wildman–Crippen LogP) is 3.36. The molecular formula is C11H13ClFNOS. The van der Waals surface area contributed by atoms with Crippen LogP contribution in [-0.4, -0.2) is 15.2 Å². The molecule has 0 saturated heterocycles. The van der Waals surface area contributed by atoms with Crippen molar-refractivity contribution in [1.82, 2.24) is 0 Å². The van der Waals surface area contributed by atoms with Crippen LogP contribution in [0.3, 0.4) is 0 Å². The lowest BCUT2D eigenvalue weighted by Crippen LogP contribution is -2.19. The monoisotopic (exact) mass is 261 g/mol. The molecule has 0 aromatic heterocycles. The lowest BCUT2D eigenvalue weighted by Gasteiger charge is -2.12. The molecule has 1 aromatic rings. The summed E-state index contributed by atoms with van der Waals surface area (Å²) in [4.78, 5) is 0. The zero-order valence-corrected chi connectivity index (χ0v) is 10.9. The molecule has 0 N–H and O–H groups in total. The zero-order chi connectivity index (χ0) is 12.3. The second-order valence-electron chi connectivity index (χ2n) is 4.26. The van der Waals surface area contributed by atoms with E-state index in [1.165, 1.54) is 24.4 Å². The highest BCUT2D eigenvalue weighted by molar-refractivity contribution is 7.85. The molecule has 0 aliphatic carbocycles. The van der Waals surface area contributed by atoms with Crippen molar-refractivity contribution in [3.63, 3.8) is 0 Å². The second-order valence-corrected chi connectivity index (χ2v) is 6.60. The van der Waals surface area contributed by atoms with E-state index in [9.17, 15) is 8.60 Å². The Balaban J connectivity index is 2.93. The number of hydrogen-bond acceptors (Lipinski definition) is 1. The predicted molar refractivity (Wildman–Crippen MR) is 66.9 cm³/mol. The van der Waals surface area contributed by atoms with Gasteiger partial charge in [-0.15, -0.1) is 0 Å². The Morgan fingerprint density at radius 3 is 2.62 bits per heavy atom. The molecule has 1 rings (SSSR count). The average Bonchev–Trinajstić information content (AvgIpc) is 2.17. The molecule has 0 saturated carbocycles. The maximum atomic E-state index is 12.9. The minimum Gasteiger partial charge on any atom is -0.234 e. The van der Waals surface area contributed by atoms with Crippen molar-refractivity contribution in [1.29, 1.82) is 0 Å². The molecule has 0 bridgehead atoms. The van der Waals surface area contributed by atoms with Crippen LogP contribution < -0.4 is 0 Å². The van der Waals surface area contributed by atoms with E-state index in [1.807, 2.05) is 20.8 Å². The summed E-state index contributed by atoms with van der Waals surface area (Å²) in [6, 6.07) is 3.96. The van der Waals surface area contributed by atoms with Crippen LogP contribution in [0, 0.1) is 5.82 Å². The summed E-state index contributed by atoms with van der Waals surface area (Å²) >= 11 is 5.84. The number of hydrogen-bond donors (Lipinski definition) is 0. The summed E-state index contributed by atoms with van der Waals surface area (Å²) in [6.07, 6.45) is 1.34. The van der Waals surface area contributed by atoms with Crippen LogP contribution in [0.5, 0.6) is 0 Å². The molecule has 0 heterocycles. The minimum atomic E-state index is -1.36. The molecule has 0 aliphatic heterocycles. The lowest BCUT2D eigenvalue weighted by atomic mass is 10.2. The van der Waals surface area contributed by atoms with Crippen molar-refractivity contribution in [3.8, 4) is 0 Å². The number of rotatable bonds is 2. The van der Waals surface area contributed by atoms with Crippen molar-refractivity contribution in [2.45, 2.75) is 25.5 Å². The van der Waals surface area contributed by atoms with Gasteiger partial charge in [-0.25, -0.2) is 8.60 Å². The SMILES string of the molecule is CC(C)(C)[S@](=O)N=Cc1cc(F)ccc1Cl. The van der Waals surface area contributed by atoms with E-state index >= 15 is 0 Å². The Morgan fingerprint density at radius 1 is 1.44 bits per heavy atom. The smallest absolute Gasteiger partial charge is 0.144 e. The van der Waals surface area contributed by atoms with Crippen molar-refractivity contribution >= 4 is 28.8 Å². The first kappa shape index (κ1) is 13.3. The molecule has 0 radical (unpaired) electrons. The molecule has 5 heteroatoms. The average molecular weight is 262 g/mol. The van der Waals surface area contributed by atoms with Gasteiger partial charge in [-0.2, -0.15) is 4.40 Å². The van der Waals surface area contributed by atoms with E-state index in [4.69, 9.17) is 11.6 Å². The third-order valence-electron chi connectivity index (χ3n) is 1.77. The van der Waals surface area contributed by atoms with Gasteiger partial charge in [0.05, 0.1) is 4.75 Å². The molecule has 0 fully saturated rings. The Morgan fingerprint density at radius 2 is 2.06 bits per heavy atom. The quantitative estimate of drug-likeness (QED) is 0.751. The van der Waals surface area contributed by atoms with Gasteiger partial charge in [0.25, 0.3) is 0 Å². The fraction of sp³-hybridized carbons (Fsp3) is 0.364. The third-order valence-corrected chi connectivity index (χ3v) is 3.46. The molecular weight excluding hydrogens is 249 g/mol. The van der Waals surface area contributed by atoms with Crippen molar-refractivity contribution in [3.05, 3.63) is 34.6 Å². The van der Waals surface area contributed by atoms with Crippen LogP contribution in [0.4, 0.5) is 4.39 Å². The Kier molecular flexibility index (Phi) is 4.21. The topological polar surface area (TPSA) is 29.4 Å². The molecule has 1 atom stereocenters. The molecule has 2 nitrogen and oxygen atoms in total. The normalized spacial score (nSPS) is 14.3. The maximum Gasteiger partial charge on any atom is 0.144 e. The Labute approximate surface area is 102 Å². The lowest BCUT2D eigenvalue weighted by molar-refractivity contribution is 0.627. The van der Waals surface area contributed by atoms with Gasteiger partial charge in [0.1, 0.15) is 16.8 Å². The first-order valence-electron chi connectivity index (χ1n) is 4.72. The molecule has 16 heavy (non-hydrogen) atoms. The second kappa shape index (κ2) is 5.06. The van der Waals surface area contributed by atoms with Crippen LogP contribution >= 0.6 is 11.6 Å². The van der Waals surface area contributed by atoms with E-state index in [0.29, 0.717) is 10.6 Å². The van der Waals surface area contributed by atoms with E-state index in [2.05, 4.69) is 4.40 Å². The highest BCUT2D eigenvalue weighted by Crippen LogP contribution is 2.17. The first-order valence-corrected chi connectivity index (χ1v) is 6.20. The van der Waals surface area contributed by atoms with E-state index in [0.717, 1.165) is 0 Å². The molecule has 0 spiro atoms. The Hall–Kier alpha value is -0.740. The van der Waals surface area contributed by atoms with Crippen molar-refractivity contribution in [2.24, 2.45) is 4.40 Å². The van der Waals surface area contributed by atoms with E-state index in [1.54, 1.807) is 0 Å². The highest BCUT2D eigenvalue weighted by atomic mass is 35.5. The third kappa shape index (κ3) is 3.68. The van der Waals surface area contributed by atoms with Gasteiger partial charge >= 0.3 is 0 Å². The highest BCUT2D eigenvalue weighted by Gasteiger charge is 2.18. The minimum absolute atomic E-state index is 0.385.